The number of piperidine rings is 1. The van der Waals surface area contributed by atoms with Crippen molar-refractivity contribution in [2.24, 2.45) is 5.14 Å². The Morgan fingerprint density at radius 3 is 2.07 bits per heavy atom. The van der Waals surface area contributed by atoms with Gasteiger partial charge in [0.1, 0.15) is 0 Å². The van der Waals surface area contributed by atoms with Gasteiger partial charge in [-0.3, -0.25) is 4.79 Å². The van der Waals surface area contributed by atoms with E-state index in [9.17, 15) is 13.2 Å². The van der Waals surface area contributed by atoms with Crippen LogP contribution in [-0.4, -0.2) is 43.7 Å². The summed E-state index contributed by atoms with van der Waals surface area (Å²) in [6, 6.07) is 19.4. The van der Waals surface area contributed by atoms with E-state index in [4.69, 9.17) is 5.14 Å². The molecule has 1 amide bonds. The maximum atomic E-state index is 13.5. The predicted molar refractivity (Wildman–Crippen MR) is 105 cm³/mol. The average Bonchev–Trinajstić information content (AvgIpc) is 2.68. The molecule has 1 aliphatic heterocycles. The Balaban J connectivity index is 1.88. The van der Waals surface area contributed by atoms with Crippen molar-refractivity contribution >= 4 is 16.1 Å². The van der Waals surface area contributed by atoms with Crippen LogP contribution in [0.25, 0.3) is 0 Å². The fourth-order valence-corrected chi connectivity index (χ4v) is 4.49. The van der Waals surface area contributed by atoms with Gasteiger partial charge in [0.05, 0.1) is 5.41 Å². The maximum Gasteiger partial charge on any atom is 0.276 e. The fraction of sp³-hybridized carbons (Fsp3) is 0.350. The van der Waals surface area contributed by atoms with Gasteiger partial charge in [-0.25, -0.2) is 5.14 Å². The normalized spacial score (nSPS) is 17.4. The molecule has 2 N–H and O–H groups in total. The molecule has 6 nitrogen and oxygen atoms in total. The molecule has 3 rings (SSSR count). The van der Waals surface area contributed by atoms with Crippen LogP contribution < -0.4 is 5.14 Å². The summed E-state index contributed by atoms with van der Waals surface area (Å²) >= 11 is 0. The molecule has 1 aliphatic rings. The molecule has 0 radical (unpaired) electrons. The topological polar surface area (TPSA) is 83.7 Å². The third-order valence-electron chi connectivity index (χ3n) is 5.28. The minimum Gasteiger partial charge on any atom is -0.341 e. The molecule has 2 aromatic rings. The molecule has 0 unspecified atom stereocenters. The maximum absolute atomic E-state index is 13.5. The highest BCUT2D eigenvalue weighted by Crippen LogP contribution is 2.38. The zero-order chi connectivity index (χ0) is 19.5. The van der Waals surface area contributed by atoms with Gasteiger partial charge in [-0.05, 0) is 24.0 Å². The van der Waals surface area contributed by atoms with Crippen LogP contribution in [0.3, 0.4) is 0 Å². The Kier molecular flexibility index (Phi) is 5.64. The van der Waals surface area contributed by atoms with Crippen molar-refractivity contribution in [1.29, 1.82) is 0 Å². The monoisotopic (exact) mass is 387 g/mol. The SMILES string of the molecule is CN(Cc1ccccc1)C(=O)C1(c2ccccc2)CCN(S(N)(=O)=O)CC1. The molecule has 1 saturated heterocycles. The minimum absolute atomic E-state index is 0.00613. The van der Waals surface area contributed by atoms with E-state index in [-0.39, 0.29) is 19.0 Å². The molecule has 0 saturated carbocycles. The lowest BCUT2D eigenvalue weighted by molar-refractivity contribution is -0.138. The lowest BCUT2D eigenvalue weighted by Gasteiger charge is -2.42. The van der Waals surface area contributed by atoms with E-state index in [0.717, 1.165) is 11.1 Å². The molecular formula is C20H25N3O3S. The fourth-order valence-electron chi connectivity index (χ4n) is 3.80. The van der Waals surface area contributed by atoms with Crippen LogP contribution in [0.1, 0.15) is 24.0 Å². The standard InChI is InChI=1S/C20H25N3O3S/c1-22(16-17-8-4-2-5-9-17)19(24)20(18-10-6-3-7-11-18)12-14-23(15-13-20)27(21,25)26/h2-11H,12-16H2,1H3,(H2,21,25,26). The van der Waals surface area contributed by atoms with Crippen molar-refractivity contribution in [2.75, 3.05) is 20.1 Å². The smallest absolute Gasteiger partial charge is 0.276 e. The lowest BCUT2D eigenvalue weighted by atomic mass is 9.72. The van der Waals surface area contributed by atoms with Crippen molar-refractivity contribution in [2.45, 2.75) is 24.8 Å². The molecule has 2 aromatic carbocycles. The second-order valence-electron chi connectivity index (χ2n) is 7.04. The molecule has 0 aliphatic carbocycles. The van der Waals surface area contributed by atoms with E-state index in [1.165, 1.54) is 4.31 Å². The highest BCUT2D eigenvalue weighted by Gasteiger charge is 2.45. The van der Waals surface area contributed by atoms with E-state index < -0.39 is 15.6 Å². The number of hydrogen-bond acceptors (Lipinski definition) is 3. The summed E-state index contributed by atoms with van der Waals surface area (Å²) in [6.07, 6.45) is 0.816. The van der Waals surface area contributed by atoms with Gasteiger partial charge in [-0.1, -0.05) is 60.7 Å². The molecule has 144 valence electrons. The number of rotatable bonds is 5. The van der Waals surface area contributed by atoms with E-state index in [2.05, 4.69) is 0 Å². The van der Waals surface area contributed by atoms with Crippen LogP contribution in [0.5, 0.6) is 0 Å². The van der Waals surface area contributed by atoms with E-state index in [0.29, 0.717) is 19.4 Å². The second-order valence-corrected chi connectivity index (χ2v) is 8.59. The first-order valence-corrected chi connectivity index (χ1v) is 10.5. The van der Waals surface area contributed by atoms with Crippen molar-refractivity contribution in [1.82, 2.24) is 9.21 Å². The van der Waals surface area contributed by atoms with Crippen molar-refractivity contribution in [3.05, 3.63) is 71.8 Å². The average molecular weight is 388 g/mol. The van der Waals surface area contributed by atoms with Gasteiger partial charge < -0.3 is 4.90 Å². The van der Waals surface area contributed by atoms with Crippen LogP contribution in [0.2, 0.25) is 0 Å². The van der Waals surface area contributed by atoms with Crippen molar-refractivity contribution < 1.29 is 13.2 Å². The van der Waals surface area contributed by atoms with Gasteiger partial charge >= 0.3 is 0 Å². The number of carbonyl (C=O) groups excluding carboxylic acids is 1. The molecule has 7 heteroatoms. The van der Waals surface area contributed by atoms with Gasteiger partial charge in [-0.15, -0.1) is 0 Å². The van der Waals surface area contributed by atoms with E-state index >= 15 is 0 Å². The Bertz CT molecular complexity index is 877. The summed E-state index contributed by atoms with van der Waals surface area (Å²) in [6.45, 7) is 0.977. The van der Waals surface area contributed by atoms with Gasteiger partial charge in [-0.2, -0.15) is 12.7 Å². The molecule has 27 heavy (non-hydrogen) atoms. The second kappa shape index (κ2) is 7.80. The van der Waals surface area contributed by atoms with E-state index in [1.54, 1.807) is 11.9 Å². The molecule has 1 fully saturated rings. The molecule has 0 bridgehead atoms. The zero-order valence-corrected chi connectivity index (χ0v) is 16.2. The lowest BCUT2D eigenvalue weighted by Crippen LogP contribution is -2.53. The summed E-state index contributed by atoms with van der Waals surface area (Å²) in [5.41, 5.74) is 1.23. The number of hydrogen-bond donors (Lipinski definition) is 1. The number of amides is 1. The number of nitrogens with zero attached hydrogens (tertiary/aromatic N) is 2. The van der Waals surface area contributed by atoms with E-state index in [1.807, 2.05) is 60.7 Å². The highest BCUT2D eigenvalue weighted by molar-refractivity contribution is 7.86. The molecule has 0 aromatic heterocycles. The predicted octanol–water partition coefficient (Wildman–Crippen LogP) is 1.88. The Morgan fingerprint density at radius 1 is 1.04 bits per heavy atom. The van der Waals surface area contributed by atoms with Crippen LogP contribution in [0, 0.1) is 0 Å². The van der Waals surface area contributed by atoms with Crippen LogP contribution in [-0.2, 0) is 27.0 Å². The summed E-state index contributed by atoms with van der Waals surface area (Å²) in [4.78, 5) is 15.2. The first-order chi connectivity index (χ1) is 12.8. The Morgan fingerprint density at radius 2 is 1.56 bits per heavy atom. The summed E-state index contributed by atoms with van der Waals surface area (Å²) in [7, 11) is -1.95. The van der Waals surface area contributed by atoms with Crippen LogP contribution >= 0.6 is 0 Å². The summed E-state index contributed by atoms with van der Waals surface area (Å²) in [5.74, 6) is 0.00613. The minimum atomic E-state index is -3.74. The molecule has 1 heterocycles. The van der Waals surface area contributed by atoms with Gasteiger partial charge in [0.25, 0.3) is 10.2 Å². The Labute approximate surface area is 160 Å². The number of likely N-dealkylation sites (N-methyl/N-ethyl adjacent to an activating group) is 1. The third kappa shape index (κ3) is 4.21. The largest absolute Gasteiger partial charge is 0.341 e. The summed E-state index contributed by atoms with van der Waals surface area (Å²) < 4.78 is 24.6. The molecular weight excluding hydrogens is 362 g/mol. The van der Waals surface area contributed by atoms with Crippen LogP contribution in [0.4, 0.5) is 0 Å². The quantitative estimate of drug-likeness (QED) is 0.850. The third-order valence-corrected chi connectivity index (χ3v) is 6.37. The zero-order valence-electron chi connectivity index (χ0n) is 15.4. The number of benzene rings is 2. The Hall–Kier alpha value is -2.22. The van der Waals surface area contributed by atoms with Gasteiger partial charge in [0.2, 0.25) is 5.91 Å². The van der Waals surface area contributed by atoms with Crippen molar-refractivity contribution in [3.8, 4) is 0 Å². The molecule has 0 spiro atoms. The van der Waals surface area contributed by atoms with Gasteiger partial charge in [0.15, 0.2) is 0 Å². The molecule has 0 atom stereocenters. The van der Waals surface area contributed by atoms with Crippen LogP contribution in [0.15, 0.2) is 60.7 Å². The van der Waals surface area contributed by atoms with Gasteiger partial charge in [0, 0.05) is 26.7 Å². The number of carbonyl (C=O) groups is 1. The van der Waals surface area contributed by atoms with Crippen molar-refractivity contribution in [3.63, 3.8) is 0 Å². The summed E-state index contributed by atoms with van der Waals surface area (Å²) in [5, 5.41) is 5.28. The first kappa shape index (κ1) is 19.5. The number of nitrogens with two attached hydrogens (primary N) is 1. The first-order valence-electron chi connectivity index (χ1n) is 8.96. The highest BCUT2D eigenvalue weighted by atomic mass is 32.2.